The van der Waals surface area contributed by atoms with E-state index in [9.17, 15) is 4.79 Å². The van der Waals surface area contributed by atoms with Crippen LogP contribution in [0.15, 0.2) is 18.2 Å². The van der Waals surface area contributed by atoms with Crippen LogP contribution in [0.5, 0.6) is 5.75 Å². The average Bonchev–Trinajstić information content (AvgIpc) is 2.51. The van der Waals surface area contributed by atoms with E-state index >= 15 is 0 Å². The van der Waals surface area contributed by atoms with Gasteiger partial charge in [0.1, 0.15) is 5.75 Å². The van der Waals surface area contributed by atoms with Crippen molar-refractivity contribution < 1.29 is 9.53 Å². The smallest absolute Gasteiger partial charge is 0.225 e. The Morgan fingerprint density at radius 3 is 2.79 bits per heavy atom. The van der Waals surface area contributed by atoms with E-state index in [1.807, 2.05) is 32.9 Å². The summed E-state index contributed by atoms with van der Waals surface area (Å²) in [6.07, 6.45) is 1.89. The van der Waals surface area contributed by atoms with Crippen molar-refractivity contribution >= 4 is 5.91 Å². The van der Waals surface area contributed by atoms with Gasteiger partial charge in [-0.15, -0.1) is 0 Å². The number of amides is 1. The number of aryl methyl sites for hydroxylation is 1. The quantitative estimate of drug-likeness (QED) is 0.841. The second-order valence-corrected chi connectivity index (χ2v) is 6.31. The van der Waals surface area contributed by atoms with E-state index in [-0.39, 0.29) is 17.4 Å². The summed E-state index contributed by atoms with van der Waals surface area (Å²) in [6.45, 7) is 8.60. The maximum Gasteiger partial charge on any atom is 0.225 e. The molecule has 1 atom stereocenters. The molecule has 2 rings (SSSR count). The van der Waals surface area contributed by atoms with Crippen LogP contribution in [0.1, 0.15) is 50.8 Å². The van der Waals surface area contributed by atoms with Crippen LogP contribution in [0.25, 0.3) is 0 Å². The average molecular weight is 261 g/mol. The molecule has 3 heteroatoms. The van der Waals surface area contributed by atoms with Crippen molar-refractivity contribution in [1.29, 1.82) is 0 Å². The molecule has 0 aliphatic carbocycles. The van der Waals surface area contributed by atoms with Gasteiger partial charge in [0.2, 0.25) is 5.91 Å². The summed E-state index contributed by atoms with van der Waals surface area (Å²) >= 11 is 0. The number of rotatable bonds is 1. The minimum atomic E-state index is -0.364. The molecule has 0 saturated heterocycles. The van der Waals surface area contributed by atoms with Gasteiger partial charge < -0.3 is 10.1 Å². The van der Waals surface area contributed by atoms with E-state index in [0.717, 1.165) is 30.8 Å². The van der Waals surface area contributed by atoms with Crippen LogP contribution in [0.2, 0.25) is 0 Å². The molecule has 1 aliphatic rings. The van der Waals surface area contributed by atoms with Gasteiger partial charge in [0.05, 0.1) is 12.6 Å². The summed E-state index contributed by atoms with van der Waals surface area (Å²) in [5.41, 5.74) is 1.94. The van der Waals surface area contributed by atoms with Crippen LogP contribution in [0.3, 0.4) is 0 Å². The van der Waals surface area contributed by atoms with Crippen molar-refractivity contribution in [2.45, 2.75) is 46.6 Å². The highest BCUT2D eigenvalue weighted by molar-refractivity contribution is 5.81. The molecule has 1 aliphatic heterocycles. The van der Waals surface area contributed by atoms with Crippen molar-refractivity contribution in [3.8, 4) is 5.75 Å². The van der Waals surface area contributed by atoms with Gasteiger partial charge in [-0.05, 0) is 25.8 Å². The summed E-state index contributed by atoms with van der Waals surface area (Å²) in [4.78, 5) is 12.2. The first kappa shape index (κ1) is 13.9. The number of nitrogens with one attached hydrogen (secondary N) is 1. The van der Waals surface area contributed by atoms with Crippen molar-refractivity contribution in [2.75, 3.05) is 6.61 Å². The lowest BCUT2D eigenvalue weighted by Gasteiger charge is -2.24. The lowest BCUT2D eigenvalue weighted by molar-refractivity contribution is -0.129. The number of ether oxygens (including phenoxy) is 1. The highest BCUT2D eigenvalue weighted by Crippen LogP contribution is 2.33. The fraction of sp³-hybridized carbons (Fsp3) is 0.562. The zero-order valence-electron chi connectivity index (χ0n) is 12.2. The first-order valence-electron chi connectivity index (χ1n) is 6.92. The molecule has 1 aromatic carbocycles. The lowest BCUT2D eigenvalue weighted by atomic mass is 9.93. The van der Waals surface area contributed by atoms with Gasteiger partial charge in [-0.3, -0.25) is 4.79 Å². The third kappa shape index (κ3) is 3.28. The van der Waals surface area contributed by atoms with Crippen molar-refractivity contribution in [3.05, 3.63) is 29.3 Å². The topological polar surface area (TPSA) is 38.3 Å². The Morgan fingerprint density at radius 2 is 2.11 bits per heavy atom. The maximum atomic E-state index is 12.2. The molecule has 0 radical (unpaired) electrons. The number of carbonyl (C=O) groups is 1. The SMILES string of the molecule is Cc1ccc2c(c1)C(NC(=O)C(C)(C)C)CCCO2. The third-order valence-corrected chi connectivity index (χ3v) is 3.42. The second kappa shape index (κ2) is 5.24. The van der Waals surface area contributed by atoms with Gasteiger partial charge in [-0.1, -0.05) is 38.5 Å². The molecule has 1 heterocycles. The van der Waals surface area contributed by atoms with E-state index in [0.29, 0.717) is 0 Å². The molecule has 0 bridgehead atoms. The molecular formula is C16H23NO2. The highest BCUT2D eigenvalue weighted by atomic mass is 16.5. The van der Waals surface area contributed by atoms with Crippen molar-refractivity contribution in [2.24, 2.45) is 5.41 Å². The number of carbonyl (C=O) groups excluding carboxylic acids is 1. The number of hydrogen-bond donors (Lipinski definition) is 1. The fourth-order valence-corrected chi connectivity index (χ4v) is 2.22. The standard InChI is InChI=1S/C16H23NO2/c1-11-7-8-14-12(10-11)13(6-5-9-19-14)17-15(18)16(2,3)4/h7-8,10,13H,5-6,9H2,1-4H3,(H,17,18). The van der Waals surface area contributed by atoms with Gasteiger partial charge in [0, 0.05) is 11.0 Å². The largest absolute Gasteiger partial charge is 0.493 e. The normalized spacial score (nSPS) is 19.1. The molecule has 0 fully saturated rings. The molecule has 0 saturated carbocycles. The minimum absolute atomic E-state index is 0.0594. The zero-order chi connectivity index (χ0) is 14.0. The number of hydrogen-bond acceptors (Lipinski definition) is 2. The van der Waals surface area contributed by atoms with E-state index in [2.05, 4.69) is 18.3 Å². The molecule has 3 nitrogen and oxygen atoms in total. The van der Waals surface area contributed by atoms with Gasteiger partial charge in [0.25, 0.3) is 0 Å². The summed E-state index contributed by atoms with van der Waals surface area (Å²) in [6, 6.07) is 6.23. The predicted molar refractivity (Wildman–Crippen MR) is 76.2 cm³/mol. The van der Waals surface area contributed by atoms with Crippen LogP contribution in [0.4, 0.5) is 0 Å². The van der Waals surface area contributed by atoms with Crippen LogP contribution in [-0.2, 0) is 4.79 Å². The zero-order valence-corrected chi connectivity index (χ0v) is 12.2. The summed E-state index contributed by atoms with van der Waals surface area (Å²) in [5, 5.41) is 3.16. The Morgan fingerprint density at radius 1 is 1.37 bits per heavy atom. The number of fused-ring (bicyclic) bond motifs is 1. The molecule has 1 aromatic rings. The predicted octanol–water partition coefficient (Wildman–Crippen LogP) is 3.37. The van der Waals surface area contributed by atoms with Crippen LogP contribution < -0.4 is 10.1 Å². The molecule has 104 valence electrons. The highest BCUT2D eigenvalue weighted by Gasteiger charge is 2.27. The van der Waals surface area contributed by atoms with E-state index in [4.69, 9.17) is 4.74 Å². The van der Waals surface area contributed by atoms with Gasteiger partial charge in [-0.25, -0.2) is 0 Å². The fourth-order valence-electron chi connectivity index (χ4n) is 2.22. The third-order valence-electron chi connectivity index (χ3n) is 3.42. The van der Waals surface area contributed by atoms with E-state index in [1.54, 1.807) is 0 Å². The molecule has 1 N–H and O–H groups in total. The van der Waals surface area contributed by atoms with E-state index < -0.39 is 0 Å². The Hall–Kier alpha value is -1.51. The number of benzene rings is 1. The van der Waals surface area contributed by atoms with Gasteiger partial charge in [0.15, 0.2) is 0 Å². The van der Waals surface area contributed by atoms with Gasteiger partial charge in [-0.2, -0.15) is 0 Å². The summed E-state index contributed by atoms with van der Waals surface area (Å²) in [7, 11) is 0. The Labute approximate surface area is 115 Å². The van der Waals surface area contributed by atoms with Gasteiger partial charge >= 0.3 is 0 Å². The van der Waals surface area contributed by atoms with Crippen LogP contribution in [0, 0.1) is 12.3 Å². The Bertz CT molecular complexity index is 474. The van der Waals surface area contributed by atoms with Crippen molar-refractivity contribution in [3.63, 3.8) is 0 Å². The summed E-state index contributed by atoms with van der Waals surface area (Å²) in [5.74, 6) is 0.995. The Kier molecular flexibility index (Phi) is 3.83. The molecule has 0 aromatic heterocycles. The van der Waals surface area contributed by atoms with Crippen LogP contribution >= 0.6 is 0 Å². The van der Waals surface area contributed by atoms with E-state index in [1.165, 1.54) is 5.56 Å². The molecule has 1 unspecified atom stereocenters. The maximum absolute atomic E-state index is 12.2. The minimum Gasteiger partial charge on any atom is -0.493 e. The first-order valence-corrected chi connectivity index (χ1v) is 6.92. The van der Waals surface area contributed by atoms with Crippen LogP contribution in [-0.4, -0.2) is 12.5 Å². The molecule has 1 amide bonds. The first-order chi connectivity index (χ1) is 8.88. The second-order valence-electron chi connectivity index (χ2n) is 6.31. The molecule has 0 spiro atoms. The molecular weight excluding hydrogens is 238 g/mol. The Balaban J connectivity index is 2.27. The monoisotopic (exact) mass is 261 g/mol. The van der Waals surface area contributed by atoms with Crippen molar-refractivity contribution in [1.82, 2.24) is 5.32 Å². The molecule has 19 heavy (non-hydrogen) atoms. The lowest BCUT2D eigenvalue weighted by Crippen LogP contribution is -2.37. The summed E-state index contributed by atoms with van der Waals surface area (Å²) < 4.78 is 5.75.